The first-order valence-corrected chi connectivity index (χ1v) is 6.17. The summed E-state index contributed by atoms with van der Waals surface area (Å²) in [7, 11) is 0. The summed E-state index contributed by atoms with van der Waals surface area (Å²) in [6.45, 7) is 12.0. The van der Waals surface area contributed by atoms with Crippen molar-refractivity contribution < 1.29 is 4.79 Å². The topological polar surface area (TPSA) is 44.4 Å². The van der Waals surface area contributed by atoms with E-state index < -0.39 is 0 Å². The number of nitrogens with one attached hydrogen (secondary N) is 2. The first-order valence-electron chi connectivity index (χ1n) is 6.17. The number of hydrogen-bond acceptors (Lipinski definition) is 3. The molecular formula is C12H25N3O. The van der Waals surface area contributed by atoms with Gasteiger partial charge in [-0.25, -0.2) is 0 Å². The third-order valence-corrected chi connectivity index (χ3v) is 2.80. The highest BCUT2D eigenvalue weighted by Gasteiger charge is 2.24. The zero-order chi connectivity index (χ0) is 12.2. The average Bonchev–Trinajstić information content (AvgIpc) is 2.41. The number of rotatable bonds is 2. The Bertz CT molecular complexity index is 227. The SMILES string of the molecule is CC(C(=O)NC(C)(C)C)N1CCCNCC1. The van der Waals surface area contributed by atoms with Gasteiger partial charge < -0.3 is 10.6 Å². The Morgan fingerprint density at radius 3 is 2.62 bits per heavy atom. The molecule has 1 unspecified atom stereocenters. The van der Waals surface area contributed by atoms with Gasteiger partial charge in [0.05, 0.1) is 6.04 Å². The zero-order valence-corrected chi connectivity index (χ0v) is 11.0. The molecule has 0 spiro atoms. The van der Waals surface area contributed by atoms with Crippen molar-refractivity contribution in [3.05, 3.63) is 0 Å². The highest BCUT2D eigenvalue weighted by Crippen LogP contribution is 2.06. The maximum atomic E-state index is 12.0. The minimum atomic E-state index is -0.143. The van der Waals surface area contributed by atoms with E-state index in [9.17, 15) is 4.79 Å². The Kier molecular flexibility index (Phi) is 4.74. The van der Waals surface area contributed by atoms with Crippen molar-refractivity contribution in [2.45, 2.75) is 45.7 Å². The summed E-state index contributed by atoms with van der Waals surface area (Å²) in [6.07, 6.45) is 1.12. The summed E-state index contributed by atoms with van der Waals surface area (Å²) in [5, 5.41) is 6.38. The number of carbonyl (C=O) groups excluding carboxylic acids is 1. The first kappa shape index (κ1) is 13.5. The molecular weight excluding hydrogens is 202 g/mol. The van der Waals surface area contributed by atoms with E-state index in [0.29, 0.717) is 0 Å². The van der Waals surface area contributed by atoms with E-state index in [1.54, 1.807) is 0 Å². The monoisotopic (exact) mass is 227 g/mol. The van der Waals surface area contributed by atoms with Crippen molar-refractivity contribution in [2.24, 2.45) is 0 Å². The molecule has 0 aromatic rings. The fourth-order valence-corrected chi connectivity index (χ4v) is 1.89. The van der Waals surface area contributed by atoms with Crippen LogP contribution in [0.25, 0.3) is 0 Å². The van der Waals surface area contributed by atoms with Crippen LogP contribution in [0.5, 0.6) is 0 Å². The molecule has 0 bridgehead atoms. The molecule has 1 aliphatic rings. The largest absolute Gasteiger partial charge is 0.350 e. The van der Waals surface area contributed by atoms with Gasteiger partial charge in [0.2, 0.25) is 5.91 Å². The molecule has 4 heteroatoms. The highest BCUT2D eigenvalue weighted by molar-refractivity contribution is 5.81. The van der Waals surface area contributed by atoms with Crippen LogP contribution in [0.1, 0.15) is 34.1 Å². The van der Waals surface area contributed by atoms with Crippen molar-refractivity contribution in [3.63, 3.8) is 0 Å². The van der Waals surface area contributed by atoms with Gasteiger partial charge in [-0.05, 0) is 40.7 Å². The van der Waals surface area contributed by atoms with Gasteiger partial charge in [-0.2, -0.15) is 0 Å². The van der Waals surface area contributed by atoms with E-state index in [1.165, 1.54) is 0 Å². The molecule has 94 valence electrons. The fraction of sp³-hybridized carbons (Fsp3) is 0.917. The lowest BCUT2D eigenvalue weighted by molar-refractivity contribution is -0.127. The second-order valence-electron chi connectivity index (χ2n) is 5.55. The molecule has 0 aliphatic carbocycles. The molecule has 1 amide bonds. The van der Waals surface area contributed by atoms with Gasteiger partial charge in [0.15, 0.2) is 0 Å². The number of nitrogens with zero attached hydrogens (tertiary/aromatic N) is 1. The molecule has 0 saturated carbocycles. The number of hydrogen-bond donors (Lipinski definition) is 2. The minimum Gasteiger partial charge on any atom is -0.350 e. The Labute approximate surface area is 98.8 Å². The van der Waals surface area contributed by atoms with Crippen molar-refractivity contribution >= 4 is 5.91 Å². The van der Waals surface area contributed by atoms with Gasteiger partial charge in [-0.15, -0.1) is 0 Å². The number of carbonyl (C=O) groups is 1. The third kappa shape index (κ3) is 4.49. The highest BCUT2D eigenvalue weighted by atomic mass is 16.2. The van der Waals surface area contributed by atoms with E-state index in [0.717, 1.165) is 32.6 Å². The predicted molar refractivity (Wildman–Crippen MR) is 66.4 cm³/mol. The van der Waals surface area contributed by atoms with Crippen LogP contribution in [-0.4, -0.2) is 48.6 Å². The van der Waals surface area contributed by atoms with Crippen molar-refractivity contribution in [1.82, 2.24) is 15.5 Å². The molecule has 1 saturated heterocycles. The molecule has 0 aromatic carbocycles. The normalized spacial score (nSPS) is 21.2. The van der Waals surface area contributed by atoms with E-state index in [2.05, 4.69) is 15.5 Å². The van der Waals surface area contributed by atoms with Gasteiger partial charge in [0.1, 0.15) is 0 Å². The minimum absolute atomic E-state index is 0.0286. The van der Waals surface area contributed by atoms with Gasteiger partial charge in [0, 0.05) is 25.2 Å². The van der Waals surface area contributed by atoms with Crippen molar-refractivity contribution in [2.75, 3.05) is 26.2 Å². The summed E-state index contributed by atoms with van der Waals surface area (Å²) >= 11 is 0. The van der Waals surface area contributed by atoms with Crippen LogP contribution in [0.3, 0.4) is 0 Å². The molecule has 0 aromatic heterocycles. The van der Waals surface area contributed by atoms with Gasteiger partial charge >= 0.3 is 0 Å². The smallest absolute Gasteiger partial charge is 0.237 e. The second-order valence-corrected chi connectivity index (χ2v) is 5.55. The fourth-order valence-electron chi connectivity index (χ4n) is 1.89. The third-order valence-electron chi connectivity index (χ3n) is 2.80. The van der Waals surface area contributed by atoms with Crippen LogP contribution in [-0.2, 0) is 4.79 Å². The molecule has 4 nitrogen and oxygen atoms in total. The standard InChI is InChI=1S/C12H25N3O/c1-10(11(16)14-12(2,3)4)15-8-5-6-13-7-9-15/h10,13H,5-9H2,1-4H3,(H,14,16). The van der Waals surface area contributed by atoms with E-state index >= 15 is 0 Å². The molecule has 1 heterocycles. The van der Waals surface area contributed by atoms with Crippen LogP contribution < -0.4 is 10.6 Å². The summed E-state index contributed by atoms with van der Waals surface area (Å²) in [5.41, 5.74) is -0.143. The molecule has 0 radical (unpaired) electrons. The molecule has 2 N–H and O–H groups in total. The molecule has 1 fully saturated rings. The van der Waals surface area contributed by atoms with Crippen LogP contribution in [0.2, 0.25) is 0 Å². The lowest BCUT2D eigenvalue weighted by Crippen LogP contribution is -2.51. The molecule has 16 heavy (non-hydrogen) atoms. The predicted octanol–water partition coefficient (Wildman–Crippen LogP) is 0.585. The van der Waals surface area contributed by atoms with Crippen LogP contribution >= 0.6 is 0 Å². The average molecular weight is 227 g/mol. The summed E-state index contributed by atoms with van der Waals surface area (Å²) in [5.74, 6) is 0.134. The van der Waals surface area contributed by atoms with Gasteiger partial charge in [-0.1, -0.05) is 0 Å². The Hall–Kier alpha value is -0.610. The van der Waals surface area contributed by atoms with Gasteiger partial charge in [-0.3, -0.25) is 9.69 Å². The van der Waals surface area contributed by atoms with E-state index in [1.807, 2.05) is 27.7 Å². The summed E-state index contributed by atoms with van der Waals surface area (Å²) < 4.78 is 0. The Morgan fingerprint density at radius 1 is 1.31 bits per heavy atom. The molecule has 1 rings (SSSR count). The summed E-state index contributed by atoms with van der Waals surface area (Å²) in [6, 6.07) is -0.0286. The van der Waals surface area contributed by atoms with Crippen LogP contribution in [0.4, 0.5) is 0 Å². The Morgan fingerprint density at radius 2 is 2.00 bits per heavy atom. The lowest BCUT2D eigenvalue weighted by Gasteiger charge is -2.29. The van der Waals surface area contributed by atoms with Crippen molar-refractivity contribution in [3.8, 4) is 0 Å². The van der Waals surface area contributed by atoms with Gasteiger partial charge in [0.25, 0.3) is 0 Å². The molecule has 1 aliphatic heterocycles. The molecule has 1 atom stereocenters. The number of amides is 1. The maximum Gasteiger partial charge on any atom is 0.237 e. The zero-order valence-electron chi connectivity index (χ0n) is 11.0. The second kappa shape index (κ2) is 5.64. The van der Waals surface area contributed by atoms with Crippen molar-refractivity contribution in [1.29, 1.82) is 0 Å². The quantitative estimate of drug-likeness (QED) is 0.725. The van der Waals surface area contributed by atoms with E-state index in [4.69, 9.17) is 0 Å². The lowest BCUT2D eigenvalue weighted by atomic mass is 10.1. The summed E-state index contributed by atoms with van der Waals surface area (Å²) in [4.78, 5) is 14.2. The Balaban J connectivity index is 2.48. The van der Waals surface area contributed by atoms with E-state index in [-0.39, 0.29) is 17.5 Å². The first-order chi connectivity index (χ1) is 7.40. The van der Waals surface area contributed by atoms with Crippen LogP contribution in [0.15, 0.2) is 0 Å². The maximum absolute atomic E-state index is 12.0. The van der Waals surface area contributed by atoms with Crippen LogP contribution in [0, 0.1) is 0 Å².